The predicted octanol–water partition coefficient (Wildman–Crippen LogP) is 4.27. The highest BCUT2D eigenvalue weighted by Crippen LogP contribution is 2.54. The van der Waals surface area contributed by atoms with Crippen molar-refractivity contribution in [2.24, 2.45) is 11.8 Å². The molecule has 326 valence electrons. The highest BCUT2D eigenvalue weighted by atomic mass is 28.4. The lowest BCUT2D eigenvalue weighted by Gasteiger charge is -2.47. The van der Waals surface area contributed by atoms with Crippen molar-refractivity contribution >= 4 is 14.1 Å². The van der Waals surface area contributed by atoms with Gasteiger partial charge in [0.1, 0.15) is 36.3 Å². The molecule has 1 spiro atoms. The Bertz CT molecular complexity index is 1530. The fourth-order valence-corrected chi connectivity index (χ4v) is 12.7. The SMILES string of the molecule is C=C1C[C@@H]2CC[C@@]34C[C@H]5O[C@@H]6[C@@H](O3)[C@H]3O[C@H](CC[C@@H]3O[C@H]6[C@H]5O4)CC(=O)C[C@@H]3[C@@H](OC)[C@@H](C[C@H](O)CNCC[Si](C)(C)O)O[C@H]3C[C@H]3O[C@@H](CC[C@@H]1O2)C[C@@H](C)C3=C. The minimum atomic E-state index is -2.19. The zero-order valence-corrected chi connectivity index (χ0v) is 36.1. The molecule has 0 saturated carbocycles. The van der Waals surface area contributed by atoms with E-state index < -0.39 is 32.4 Å². The van der Waals surface area contributed by atoms with Crippen LogP contribution in [-0.2, 0) is 47.4 Å². The van der Waals surface area contributed by atoms with Gasteiger partial charge in [0.15, 0.2) is 14.1 Å². The van der Waals surface area contributed by atoms with Gasteiger partial charge in [0.25, 0.3) is 0 Å². The van der Waals surface area contributed by atoms with Crippen LogP contribution in [0, 0.1) is 11.8 Å². The smallest absolute Gasteiger partial charge is 0.183 e. The molecular weight excluding hydrogens is 763 g/mol. The molecule has 10 aliphatic rings. The quantitative estimate of drug-likeness (QED) is 0.182. The molecule has 10 rings (SSSR count). The highest BCUT2D eigenvalue weighted by molar-refractivity contribution is 6.69. The number of hydrogen-bond donors (Lipinski definition) is 3. The summed E-state index contributed by atoms with van der Waals surface area (Å²) in [5.41, 5.74) is 2.19. The number of fused-ring (bicyclic) bond motifs is 6. The molecule has 13 nitrogen and oxygen atoms in total. The summed E-state index contributed by atoms with van der Waals surface area (Å²) in [5.74, 6) is -0.661. The van der Waals surface area contributed by atoms with E-state index in [1.165, 1.54) is 0 Å². The van der Waals surface area contributed by atoms with Crippen LogP contribution in [0.5, 0.6) is 0 Å². The first-order valence-corrected chi connectivity index (χ1v) is 25.7. The molecule has 0 aromatic heterocycles. The van der Waals surface area contributed by atoms with Crippen LogP contribution < -0.4 is 5.32 Å². The van der Waals surface area contributed by atoms with Crippen molar-refractivity contribution in [3.05, 3.63) is 24.3 Å². The average Bonchev–Trinajstić information content (AvgIpc) is 3.84. The summed E-state index contributed by atoms with van der Waals surface area (Å²) in [6.07, 6.45) is 4.67. The van der Waals surface area contributed by atoms with Crippen molar-refractivity contribution in [2.45, 2.75) is 213 Å². The van der Waals surface area contributed by atoms with E-state index in [1.807, 2.05) is 13.1 Å². The van der Waals surface area contributed by atoms with E-state index in [4.69, 9.17) is 42.6 Å². The summed E-state index contributed by atoms with van der Waals surface area (Å²) < 4.78 is 60.5. The molecule has 0 aliphatic carbocycles. The van der Waals surface area contributed by atoms with Crippen molar-refractivity contribution in [1.29, 1.82) is 0 Å². The topological polar surface area (TPSA) is 153 Å². The Morgan fingerprint density at radius 3 is 2.38 bits per heavy atom. The normalized spacial score (nSPS) is 48.5. The number of aliphatic hydroxyl groups excluding tert-OH is 1. The zero-order chi connectivity index (χ0) is 40.5. The molecule has 0 unspecified atom stereocenters. The number of hydrogen-bond acceptors (Lipinski definition) is 13. The van der Waals surface area contributed by atoms with Gasteiger partial charge in [-0.25, -0.2) is 0 Å². The van der Waals surface area contributed by atoms with Crippen molar-refractivity contribution in [3.63, 3.8) is 0 Å². The number of rotatable bonds is 8. The molecule has 58 heavy (non-hydrogen) atoms. The summed E-state index contributed by atoms with van der Waals surface area (Å²) in [6.45, 7) is 16.0. The minimum Gasteiger partial charge on any atom is -0.432 e. The van der Waals surface area contributed by atoms with Gasteiger partial charge in [0, 0.05) is 58.1 Å². The second kappa shape index (κ2) is 16.9. The van der Waals surface area contributed by atoms with Crippen LogP contribution in [0.15, 0.2) is 24.3 Å². The van der Waals surface area contributed by atoms with E-state index in [-0.39, 0.29) is 110 Å². The van der Waals surface area contributed by atoms with Gasteiger partial charge in [-0.2, -0.15) is 0 Å². The lowest BCUT2D eigenvalue weighted by atomic mass is 9.81. The Balaban J connectivity index is 0.953. The van der Waals surface area contributed by atoms with Crippen LogP contribution in [0.4, 0.5) is 0 Å². The summed E-state index contributed by atoms with van der Waals surface area (Å²) in [6, 6.07) is 0.706. The molecule has 0 amide bonds. The van der Waals surface area contributed by atoms with Gasteiger partial charge < -0.3 is 57.9 Å². The molecule has 12 bridgehead atoms. The first-order chi connectivity index (χ1) is 27.7. The van der Waals surface area contributed by atoms with E-state index in [0.717, 1.165) is 49.7 Å². The van der Waals surface area contributed by atoms with Crippen LogP contribution >= 0.6 is 0 Å². The molecule has 19 atom stereocenters. The van der Waals surface area contributed by atoms with Gasteiger partial charge in [-0.1, -0.05) is 20.1 Å². The number of methoxy groups -OCH3 is 1. The maximum Gasteiger partial charge on any atom is 0.183 e. The zero-order valence-electron chi connectivity index (χ0n) is 35.1. The number of ketones is 1. The van der Waals surface area contributed by atoms with Crippen LogP contribution in [0.3, 0.4) is 0 Å². The number of aliphatic hydroxyl groups is 1. The number of Topliss-reactive ketones (excluding diaryl/α,β-unsaturated/α-hetero) is 1. The molecule has 0 radical (unpaired) electrons. The molecular formula is C44H69NO12Si. The maximum atomic E-state index is 14.2. The van der Waals surface area contributed by atoms with Crippen molar-refractivity contribution in [2.75, 3.05) is 20.2 Å². The van der Waals surface area contributed by atoms with Crippen molar-refractivity contribution in [1.82, 2.24) is 5.32 Å². The predicted molar refractivity (Wildman–Crippen MR) is 215 cm³/mol. The van der Waals surface area contributed by atoms with E-state index in [2.05, 4.69) is 25.4 Å². The van der Waals surface area contributed by atoms with Gasteiger partial charge in [0.2, 0.25) is 0 Å². The first-order valence-electron chi connectivity index (χ1n) is 22.5. The van der Waals surface area contributed by atoms with Gasteiger partial charge in [-0.15, -0.1) is 0 Å². The lowest BCUT2D eigenvalue weighted by molar-refractivity contribution is -0.292. The third-order valence-electron chi connectivity index (χ3n) is 15.0. The summed E-state index contributed by atoms with van der Waals surface area (Å²) in [4.78, 5) is 24.5. The molecule has 0 aromatic carbocycles. The van der Waals surface area contributed by atoms with E-state index >= 15 is 0 Å². The van der Waals surface area contributed by atoms with Crippen molar-refractivity contribution < 1.29 is 57.3 Å². The lowest BCUT2D eigenvalue weighted by Crippen LogP contribution is -2.61. The Morgan fingerprint density at radius 2 is 1.57 bits per heavy atom. The molecule has 10 heterocycles. The second-order valence-corrected chi connectivity index (χ2v) is 24.1. The largest absolute Gasteiger partial charge is 0.432 e. The van der Waals surface area contributed by atoms with Gasteiger partial charge >= 0.3 is 0 Å². The standard InChI is InChI=1S/C44H69NO12Si/c1-23-15-28-7-9-32-24(2)16-30(50-32)11-12-44-21-37-40(56-44)41-42(55-37)43(57-44)39-33(54-41)10-8-29(52-39)17-26(46)18-31-35(20-34(51-28)25(23)3)53-36(38(31)49-4)19-27(47)22-45-13-14-58(5,6)48/h23,27-43,45,47-48H,2-3,7-22H2,1,4-6H3/t23-,27+,28+,29-,30+,31+,32+,33+,34-,35+,36-,37-,38-,39+,40+,41+,42+,43+,44+/m1/s1. The van der Waals surface area contributed by atoms with E-state index in [1.54, 1.807) is 7.11 Å². The van der Waals surface area contributed by atoms with Gasteiger partial charge in [-0.05, 0) is 87.7 Å². The Hall–Kier alpha value is -1.11. The summed E-state index contributed by atoms with van der Waals surface area (Å²) >= 11 is 0. The highest BCUT2D eigenvalue weighted by Gasteiger charge is 2.68. The van der Waals surface area contributed by atoms with Crippen LogP contribution in [0.2, 0.25) is 19.1 Å². The molecule has 10 fully saturated rings. The number of nitrogens with one attached hydrogen (secondary N) is 1. The van der Waals surface area contributed by atoms with Gasteiger partial charge in [-0.3, -0.25) is 4.79 Å². The van der Waals surface area contributed by atoms with Crippen LogP contribution in [-0.4, -0.2) is 148 Å². The van der Waals surface area contributed by atoms with Gasteiger partial charge in [0.05, 0.1) is 67.1 Å². The molecule has 10 aliphatic heterocycles. The monoisotopic (exact) mass is 831 g/mol. The Labute approximate surface area is 345 Å². The minimum absolute atomic E-state index is 0.0258. The van der Waals surface area contributed by atoms with Crippen LogP contribution in [0.25, 0.3) is 0 Å². The number of carbonyl (C=O) groups is 1. The number of ether oxygens (including phenoxy) is 9. The van der Waals surface area contributed by atoms with E-state index in [0.29, 0.717) is 51.2 Å². The second-order valence-electron chi connectivity index (χ2n) is 20.0. The molecule has 14 heteroatoms. The summed E-state index contributed by atoms with van der Waals surface area (Å²) in [5, 5.41) is 14.5. The molecule has 3 N–H and O–H groups in total. The molecule has 10 saturated heterocycles. The fraction of sp³-hybridized carbons (Fsp3) is 0.886. The Kier molecular flexibility index (Phi) is 12.3. The van der Waals surface area contributed by atoms with Crippen molar-refractivity contribution in [3.8, 4) is 0 Å². The number of carbonyl (C=O) groups excluding carboxylic acids is 1. The average molecular weight is 832 g/mol. The third-order valence-corrected chi connectivity index (χ3v) is 16.5. The summed E-state index contributed by atoms with van der Waals surface area (Å²) in [7, 11) is -0.514. The van der Waals surface area contributed by atoms with Crippen LogP contribution in [0.1, 0.15) is 90.4 Å². The Morgan fingerprint density at radius 1 is 0.828 bits per heavy atom. The fourth-order valence-electron chi connectivity index (χ4n) is 11.9. The van der Waals surface area contributed by atoms with E-state index in [9.17, 15) is 14.7 Å². The first kappa shape index (κ1) is 42.2. The maximum absolute atomic E-state index is 14.2. The third kappa shape index (κ3) is 8.63. The molecule has 0 aromatic rings.